The zero-order chi connectivity index (χ0) is 7.56. The first-order chi connectivity index (χ1) is 4.75. The van der Waals surface area contributed by atoms with E-state index >= 15 is 0 Å². The molecule has 0 aromatic carbocycles. The maximum absolute atomic E-state index is 10.7. The molecule has 0 aliphatic carbocycles. The lowest BCUT2D eigenvalue weighted by Gasteiger charge is -1.91. The number of carbonyl (C=O) groups is 1. The summed E-state index contributed by atoms with van der Waals surface area (Å²) in [7, 11) is 1.28. The normalized spacial score (nSPS) is 9.30. The fourth-order valence-electron chi connectivity index (χ4n) is 0.432. The number of anilines is 1. The maximum atomic E-state index is 10.7. The quantitative estimate of drug-likeness (QED) is 0.579. The van der Waals surface area contributed by atoms with Gasteiger partial charge in [0, 0.05) is 0 Å². The van der Waals surface area contributed by atoms with Gasteiger partial charge >= 0.3 is 5.97 Å². The minimum absolute atomic E-state index is 0.122. The number of hydrogen-bond acceptors (Lipinski definition) is 6. The van der Waals surface area contributed by atoms with Crippen molar-refractivity contribution in [2.24, 2.45) is 0 Å². The van der Waals surface area contributed by atoms with Crippen LogP contribution in [0.25, 0.3) is 0 Å². The predicted molar refractivity (Wildman–Crippen MR) is 35.7 cm³/mol. The Morgan fingerprint density at radius 1 is 1.80 bits per heavy atom. The molecular weight excluding hydrogens is 154 g/mol. The van der Waals surface area contributed by atoms with Crippen molar-refractivity contribution in [2.45, 2.75) is 0 Å². The molecule has 1 rings (SSSR count). The molecule has 1 aromatic rings. The van der Waals surface area contributed by atoms with E-state index in [0.29, 0.717) is 0 Å². The van der Waals surface area contributed by atoms with E-state index in [0.717, 1.165) is 11.5 Å². The van der Waals surface area contributed by atoms with Crippen molar-refractivity contribution in [1.82, 2.24) is 9.59 Å². The lowest BCUT2D eigenvalue weighted by Crippen LogP contribution is -2.01. The topological polar surface area (TPSA) is 78.1 Å². The van der Waals surface area contributed by atoms with Crippen molar-refractivity contribution < 1.29 is 9.53 Å². The summed E-state index contributed by atoms with van der Waals surface area (Å²) in [6.07, 6.45) is 0. The summed E-state index contributed by atoms with van der Waals surface area (Å²) in [5.74, 6) is -0.371. The van der Waals surface area contributed by atoms with Crippen LogP contribution >= 0.6 is 11.5 Å². The summed E-state index contributed by atoms with van der Waals surface area (Å²) in [5.41, 5.74) is 5.25. The Bertz CT molecular complexity index is 246. The number of aromatic nitrogens is 2. The van der Waals surface area contributed by atoms with Gasteiger partial charge in [0.25, 0.3) is 0 Å². The van der Waals surface area contributed by atoms with E-state index in [2.05, 4.69) is 14.3 Å². The molecule has 1 aromatic heterocycles. The van der Waals surface area contributed by atoms with E-state index in [9.17, 15) is 4.79 Å². The molecule has 5 nitrogen and oxygen atoms in total. The van der Waals surface area contributed by atoms with Crippen LogP contribution in [0.15, 0.2) is 0 Å². The van der Waals surface area contributed by atoms with Crippen LogP contribution in [0.2, 0.25) is 0 Å². The number of nitrogens with zero attached hydrogens (tertiary/aromatic N) is 2. The third-order valence-electron chi connectivity index (χ3n) is 0.884. The highest BCUT2D eigenvalue weighted by molar-refractivity contribution is 7.08. The van der Waals surface area contributed by atoms with Crippen LogP contribution in [-0.2, 0) is 4.74 Å². The van der Waals surface area contributed by atoms with Gasteiger partial charge in [-0.25, -0.2) is 4.79 Å². The van der Waals surface area contributed by atoms with Gasteiger partial charge in [0.1, 0.15) is 0 Å². The third-order valence-corrected chi connectivity index (χ3v) is 1.61. The van der Waals surface area contributed by atoms with Gasteiger partial charge in [0.2, 0.25) is 0 Å². The van der Waals surface area contributed by atoms with Gasteiger partial charge in [-0.05, 0) is 11.5 Å². The summed E-state index contributed by atoms with van der Waals surface area (Å²) < 4.78 is 7.84. The van der Waals surface area contributed by atoms with Crippen LogP contribution in [0, 0.1) is 0 Å². The summed E-state index contributed by atoms with van der Waals surface area (Å²) in [5, 5.41) is 3.43. The summed E-state index contributed by atoms with van der Waals surface area (Å²) in [6.45, 7) is 0. The van der Waals surface area contributed by atoms with E-state index in [4.69, 9.17) is 5.73 Å². The van der Waals surface area contributed by atoms with Gasteiger partial charge in [-0.15, -0.1) is 5.10 Å². The third kappa shape index (κ3) is 1.06. The summed E-state index contributed by atoms with van der Waals surface area (Å²) in [4.78, 5) is 11.0. The number of esters is 1. The van der Waals surface area contributed by atoms with Gasteiger partial charge in [-0.2, -0.15) is 0 Å². The van der Waals surface area contributed by atoms with Crippen LogP contribution in [0.5, 0.6) is 0 Å². The average Bonchev–Trinajstić information content (AvgIpc) is 2.34. The van der Waals surface area contributed by atoms with Crippen molar-refractivity contribution in [3.05, 3.63) is 4.88 Å². The Labute approximate surface area is 61.0 Å². The summed E-state index contributed by atoms with van der Waals surface area (Å²) in [6, 6.07) is 0. The van der Waals surface area contributed by atoms with E-state index in [1.54, 1.807) is 0 Å². The van der Waals surface area contributed by atoms with Crippen LogP contribution < -0.4 is 5.73 Å². The van der Waals surface area contributed by atoms with Crippen molar-refractivity contribution in [3.63, 3.8) is 0 Å². The average molecular weight is 159 g/mol. The van der Waals surface area contributed by atoms with Crippen molar-refractivity contribution in [1.29, 1.82) is 0 Å². The Morgan fingerprint density at radius 3 is 2.90 bits per heavy atom. The number of hydrogen-bond donors (Lipinski definition) is 1. The molecule has 10 heavy (non-hydrogen) atoms. The van der Waals surface area contributed by atoms with Crippen molar-refractivity contribution in [2.75, 3.05) is 12.8 Å². The highest BCUT2D eigenvalue weighted by atomic mass is 32.1. The van der Waals surface area contributed by atoms with Gasteiger partial charge in [0.15, 0.2) is 10.7 Å². The second-order valence-electron chi connectivity index (χ2n) is 1.48. The first-order valence-electron chi connectivity index (χ1n) is 2.42. The molecule has 54 valence electrons. The molecule has 0 atom stereocenters. The highest BCUT2D eigenvalue weighted by Crippen LogP contribution is 2.12. The molecule has 0 spiro atoms. The lowest BCUT2D eigenvalue weighted by atomic mass is 10.5. The van der Waals surface area contributed by atoms with Crippen LogP contribution in [-0.4, -0.2) is 22.7 Å². The smallest absolute Gasteiger partial charge is 0.353 e. The minimum Gasteiger partial charge on any atom is -0.465 e. The number of rotatable bonds is 1. The summed E-state index contributed by atoms with van der Waals surface area (Å²) >= 11 is 0.922. The number of methoxy groups -OCH3 is 1. The Morgan fingerprint density at radius 2 is 2.50 bits per heavy atom. The molecule has 1 heterocycles. The van der Waals surface area contributed by atoms with Crippen molar-refractivity contribution in [3.8, 4) is 0 Å². The lowest BCUT2D eigenvalue weighted by molar-refractivity contribution is 0.0607. The molecule has 0 bridgehead atoms. The van der Waals surface area contributed by atoms with Crippen molar-refractivity contribution >= 4 is 23.3 Å². The second-order valence-corrected chi connectivity index (χ2v) is 2.23. The molecule has 6 heteroatoms. The van der Waals surface area contributed by atoms with Crippen LogP contribution in [0.4, 0.5) is 5.82 Å². The maximum Gasteiger partial charge on any atom is 0.353 e. The van der Waals surface area contributed by atoms with Gasteiger partial charge in [-0.1, -0.05) is 4.49 Å². The zero-order valence-corrected chi connectivity index (χ0v) is 6.01. The predicted octanol–water partition coefficient (Wildman–Crippen LogP) is -0.0931. The Hall–Kier alpha value is -1.17. The molecule has 0 saturated carbocycles. The fraction of sp³-hybridized carbons (Fsp3) is 0.250. The molecule has 0 radical (unpaired) electrons. The molecule has 0 aliphatic heterocycles. The van der Waals surface area contributed by atoms with E-state index in [-0.39, 0.29) is 10.7 Å². The molecule has 2 N–H and O–H groups in total. The van der Waals surface area contributed by atoms with Crippen LogP contribution in [0.3, 0.4) is 0 Å². The van der Waals surface area contributed by atoms with Gasteiger partial charge < -0.3 is 10.5 Å². The second kappa shape index (κ2) is 2.61. The number of carbonyl (C=O) groups excluding carboxylic acids is 1. The monoisotopic (exact) mass is 159 g/mol. The Kier molecular flexibility index (Phi) is 1.81. The largest absolute Gasteiger partial charge is 0.465 e. The van der Waals surface area contributed by atoms with Gasteiger partial charge in [-0.3, -0.25) is 0 Å². The van der Waals surface area contributed by atoms with Gasteiger partial charge in [0.05, 0.1) is 7.11 Å². The Balaban J connectivity index is 2.93. The number of nitrogens with two attached hydrogens (primary N) is 1. The van der Waals surface area contributed by atoms with E-state index < -0.39 is 5.97 Å². The fourth-order valence-corrected chi connectivity index (χ4v) is 0.935. The molecular formula is C4H5N3O2S. The van der Waals surface area contributed by atoms with E-state index in [1.807, 2.05) is 0 Å². The van der Waals surface area contributed by atoms with E-state index in [1.165, 1.54) is 7.11 Å². The first-order valence-corrected chi connectivity index (χ1v) is 3.19. The number of ether oxygens (including phenoxy) is 1. The zero-order valence-electron chi connectivity index (χ0n) is 5.20. The molecule has 0 amide bonds. The highest BCUT2D eigenvalue weighted by Gasteiger charge is 2.13. The minimum atomic E-state index is -0.493. The van der Waals surface area contributed by atoms with Crippen LogP contribution in [0.1, 0.15) is 9.67 Å². The molecule has 0 saturated heterocycles. The first kappa shape index (κ1) is 6.94. The standard InChI is InChI=1S/C4H5N3O2S/c1-9-4(8)2-3(5)6-7-10-2/h5H2,1H3. The SMILES string of the molecule is COC(=O)c1snnc1N. The molecule has 0 fully saturated rings. The molecule has 0 aliphatic rings. The molecule has 0 unspecified atom stereocenters. The number of nitrogen functional groups attached to an aromatic ring is 1.